The zero-order valence-corrected chi connectivity index (χ0v) is 16.2. The van der Waals surface area contributed by atoms with Crippen LogP contribution in [0.15, 0.2) is 64.3 Å². The van der Waals surface area contributed by atoms with E-state index < -0.39 is 5.54 Å². The van der Waals surface area contributed by atoms with Gasteiger partial charge in [0.2, 0.25) is 0 Å². The normalized spacial score (nSPS) is 16.0. The van der Waals surface area contributed by atoms with Crippen LogP contribution < -0.4 is 5.73 Å². The van der Waals surface area contributed by atoms with Crippen molar-refractivity contribution >= 4 is 17.4 Å². The number of nitrogens with two attached hydrogens (primary N) is 1. The van der Waals surface area contributed by atoms with Crippen molar-refractivity contribution in [2.24, 2.45) is 5.73 Å². The van der Waals surface area contributed by atoms with Gasteiger partial charge in [0, 0.05) is 23.0 Å². The van der Waals surface area contributed by atoms with Crippen molar-refractivity contribution in [3.8, 4) is 11.5 Å². The smallest absolute Gasteiger partial charge is 0.259 e. The summed E-state index contributed by atoms with van der Waals surface area (Å²) < 4.78 is 7.63. The highest BCUT2D eigenvalue weighted by Crippen LogP contribution is 2.37. The van der Waals surface area contributed by atoms with Crippen molar-refractivity contribution in [3.05, 3.63) is 66.4 Å². The van der Waals surface area contributed by atoms with Gasteiger partial charge in [-0.1, -0.05) is 36.2 Å². The standard InChI is InChI=1S/C21H21N5OS/c22-21(10-4-5-11-21)20-24-19(27-25-20)16-7-1-2-8-17(16)28-14-15-13-26-12-6-3-9-18(26)23-15/h1-3,6-9,12-13H,4-5,10-11,14,22H2. The van der Waals surface area contributed by atoms with E-state index in [9.17, 15) is 0 Å². The van der Waals surface area contributed by atoms with E-state index in [4.69, 9.17) is 10.3 Å². The van der Waals surface area contributed by atoms with Crippen LogP contribution in [-0.2, 0) is 11.3 Å². The van der Waals surface area contributed by atoms with Crippen LogP contribution in [0.4, 0.5) is 0 Å². The molecule has 3 aromatic heterocycles. The third-order valence-electron chi connectivity index (χ3n) is 5.27. The average Bonchev–Trinajstić information content (AvgIpc) is 3.46. The summed E-state index contributed by atoms with van der Waals surface area (Å²) in [5.74, 6) is 1.92. The Balaban J connectivity index is 1.39. The second-order valence-corrected chi connectivity index (χ2v) is 8.29. The summed E-state index contributed by atoms with van der Waals surface area (Å²) in [5.41, 5.74) is 8.97. The van der Waals surface area contributed by atoms with E-state index in [0.717, 1.165) is 53.2 Å². The summed E-state index contributed by atoms with van der Waals surface area (Å²) in [6, 6.07) is 14.1. The van der Waals surface area contributed by atoms with Crippen molar-refractivity contribution in [1.82, 2.24) is 19.5 Å². The van der Waals surface area contributed by atoms with Gasteiger partial charge in [0.05, 0.1) is 16.8 Å². The van der Waals surface area contributed by atoms with Gasteiger partial charge in [-0.15, -0.1) is 11.8 Å². The largest absolute Gasteiger partial charge is 0.334 e. The summed E-state index contributed by atoms with van der Waals surface area (Å²) in [5, 5.41) is 4.20. The zero-order chi connectivity index (χ0) is 19.0. The molecule has 1 aromatic carbocycles. The lowest BCUT2D eigenvalue weighted by atomic mass is 9.99. The Kier molecular flexibility index (Phi) is 4.41. The molecule has 0 aliphatic heterocycles. The molecule has 7 heteroatoms. The lowest BCUT2D eigenvalue weighted by molar-refractivity contribution is 0.372. The Morgan fingerprint density at radius 2 is 1.89 bits per heavy atom. The van der Waals surface area contributed by atoms with Gasteiger partial charge in [0.25, 0.3) is 5.89 Å². The van der Waals surface area contributed by atoms with Gasteiger partial charge in [0.15, 0.2) is 5.82 Å². The topological polar surface area (TPSA) is 82.2 Å². The Bertz CT molecular complexity index is 1080. The van der Waals surface area contributed by atoms with Crippen LogP contribution in [0.1, 0.15) is 37.2 Å². The molecule has 1 aliphatic carbocycles. The number of thioether (sulfide) groups is 1. The zero-order valence-electron chi connectivity index (χ0n) is 15.4. The number of benzene rings is 1. The molecular formula is C21H21N5OS. The molecule has 0 saturated heterocycles. The third kappa shape index (κ3) is 3.21. The Morgan fingerprint density at radius 1 is 1.07 bits per heavy atom. The predicted molar refractivity (Wildman–Crippen MR) is 109 cm³/mol. The average molecular weight is 392 g/mol. The molecule has 4 aromatic rings. The number of fused-ring (bicyclic) bond motifs is 1. The number of aromatic nitrogens is 4. The summed E-state index contributed by atoms with van der Waals surface area (Å²) in [6.45, 7) is 0. The Labute approximate surface area is 167 Å². The molecule has 0 spiro atoms. The minimum absolute atomic E-state index is 0.444. The first-order chi connectivity index (χ1) is 13.7. The van der Waals surface area contributed by atoms with Gasteiger partial charge in [-0.05, 0) is 37.1 Å². The van der Waals surface area contributed by atoms with E-state index >= 15 is 0 Å². The molecule has 0 bridgehead atoms. The quantitative estimate of drug-likeness (QED) is 0.508. The van der Waals surface area contributed by atoms with Crippen LogP contribution in [-0.4, -0.2) is 19.5 Å². The molecule has 2 N–H and O–H groups in total. The van der Waals surface area contributed by atoms with Crippen molar-refractivity contribution in [3.63, 3.8) is 0 Å². The summed E-state index contributed by atoms with van der Waals surface area (Å²) in [6.07, 6.45) is 8.13. The maximum atomic E-state index is 6.48. The van der Waals surface area contributed by atoms with E-state index in [1.165, 1.54) is 0 Å². The summed E-state index contributed by atoms with van der Waals surface area (Å²) >= 11 is 1.72. The lowest BCUT2D eigenvalue weighted by Gasteiger charge is -2.17. The van der Waals surface area contributed by atoms with Crippen LogP contribution in [0.3, 0.4) is 0 Å². The first-order valence-electron chi connectivity index (χ1n) is 9.49. The number of nitrogens with zero attached hydrogens (tertiary/aromatic N) is 4. The minimum Gasteiger partial charge on any atom is -0.334 e. The van der Waals surface area contributed by atoms with Crippen molar-refractivity contribution in [2.75, 3.05) is 0 Å². The number of hydrogen-bond acceptors (Lipinski definition) is 6. The number of pyridine rings is 1. The molecule has 28 heavy (non-hydrogen) atoms. The molecule has 1 aliphatic rings. The predicted octanol–water partition coefficient (Wildman–Crippen LogP) is 4.40. The first-order valence-corrected chi connectivity index (χ1v) is 10.5. The van der Waals surface area contributed by atoms with Gasteiger partial charge in [-0.25, -0.2) is 4.98 Å². The molecule has 1 saturated carbocycles. The van der Waals surface area contributed by atoms with Crippen LogP contribution in [0, 0.1) is 0 Å². The molecule has 1 fully saturated rings. The highest BCUT2D eigenvalue weighted by atomic mass is 32.2. The van der Waals surface area contributed by atoms with Crippen molar-refractivity contribution in [2.45, 2.75) is 41.9 Å². The number of rotatable bonds is 5. The Hall–Kier alpha value is -2.64. The molecule has 142 valence electrons. The van der Waals surface area contributed by atoms with Crippen molar-refractivity contribution in [1.29, 1.82) is 0 Å². The fraction of sp³-hybridized carbons (Fsp3) is 0.286. The number of imidazole rings is 1. The molecule has 3 heterocycles. The highest BCUT2D eigenvalue weighted by Gasteiger charge is 2.36. The second-order valence-electron chi connectivity index (χ2n) is 7.27. The van der Waals surface area contributed by atoms with Gasteiger partial charge in [-0.2, -0.15) is 4.98 Å². The third-order valence-corrected chi connectivity index (χ3v) is 6.38. The summed E-state index contributed by atoms with van der Waals surface area (Å²) in [4.78, 5) is 10.4. The first kappa shape index (κ1) is 17.5. The molecule has 0 atom stereocenters. The molecule has 6 nitrogen and oxygen atoms in total. The fourth-order valence-corrected chi connectivity index (χ4v) is 4.67. The highest BCUT2D eigenvalue weighted by molar-refractivity contribution is 7.98. The molecular weight excluding hydrogens is 370 g/mol. The van der Waals surface area contributed by atoms with Crippen LogP contribution in [0.25, 0.3) is 17.1 Å². The second kappa shape index (κ2) is 7.07. The lowest BCUT2D eigenvalue weighted by Crippen LogP contribution is -2.34. The maximum absolute atomic E-state index is 6.48. The van der Waals surface area contributed by atoms with E-state index in [-0.39, 0.29) is 0 Å². The van der Waals surface area contributed by atoms with Gasteiger partial charge < -0.3 is 14.7 Å². The van der Waals surface area contributed by atoms with E-state index in [1.807, 2.05) is 47.0 Å². The van der Waals surface area contributed by atoms with Gasteiger partial charge in [0.1, 0.15) is 5.65 Å². The number of hydrogen-bond donors (Lipinski definition) is 1. The van der Waals surface area contributed by atoms with E-state index in [1.54, 1.807) is 11.8 Å². The van der Waals surface area contributed by atoms with Gasteiger partial charge in [-0.3, -0.25) is 0 Å². The maximum Gasteiger partial charge on any atom is 0.259 e. The SMILES string of the molecule is NC1(c2noc(-c3ccccc3SCc3cn4ccccc4n3)n2)CCCC1. The molecule has 0 amide bonds. The molecule has 0 radical (unpaired) electrons. The summed E-state index contributed by atoms with van der Waals surface area (Å²) in [7, 11) is 0. The molecule has 0 unspecified atom stereocenters. The van der Waals surface area contributed by atoms with Crippen molar-refractivity contribution < 1.29 is 4.52 Å². The van der Waals surface area contributed by atoms with Crippen LogP contribution in [0.5, 0.6) is 0 Å². The molecule has 5 rings (SSSR count). The van der Waals surface area contributed by atoms with Crippen LogP contribution in [0.2, 0.25) is 0 Å². The van der Waals surface area contributed by atoms with Gasteiger partial charge >= 0.3 is 0 Å². The fourth-order valence-electron chi connectivity index (χ4n) is 3.74. The van der Waals surface area contributed by atoms with Crippen LogP contribution >= 0.6 is 11.8 Å². The Morgan fingerprint density at radius 3 is 2.75 bits per heavy atom. The van der Waals surface area contributed by atoms with E-state index in [0.29, 0.717) is 11.7 Å². The minimum atomic E-state index is -0.444. The van der Waals surface area contributed by atoms with E-state index in [2.05, 4.69) is 27.4 Å². The monoisotopic (exact) mass is 391 g/mol.